The van der Waals surface area contributed by atoms with Gasteiger partial charge in [-0.25, -0.2) is 0 Å². The van der Waals surface area contributed by atoms with Crippen LogP contribution in [0.15, 0.2) is 0 Å². The van der Waals surface area contributed by atoms with E-state index in [2.05, 4.69) is 23.8 Å². The van der Waals surface area contributed by atoms with Gasteiger partial charge in [0, 0.05) is 37.9 Å². The van der Waals surface area contributed by atoms with E-state index in [1.165, 1.54) is 11.3 Å². The second kappa shape index (κ2) is 3.94. The molecule has 0 aromatic carbocycles. The minimum Gasteiger partial charge on any atom is -0.392 e. The zero-order chi connectivity index (χ0) is 11.0. The quantitative estimate of drug-likeness (QED) is 0.775. The number of β-amino-alcohol motifs (C(OH)–C–C–N with tert-alkyl or cyclic N) is 1. The second-order valence-corrected chi connectivity index (χ2v) is 4.45. The van der Waals surface area contributed by atoms with Crippen LogP contribution in [-0.4, -0.2) is 39.0 Å². The fourth-order valence-electron chi connectivity index (χ4n) is 2.23. The molecule has 4 heteroatoms. The Kier molecular flexibility index (Phi) is 2.80. The monoisotopic (exact) mass is 209 g/mol. The molecule has 0 radical (unpaired) electrons. The van der Waals surface area contributed by atoms with Gasteiger partial charge in [0.1, 0.15) is 0 Å². The van der Waals surface area contributed by atoms with Gasteiger partial charge in [0.2, 0.25) is 0 Å². The lowest BCUT2D eigenvalue weighted by Crippen LogP contribution is -2.22. The van der Waals surface area contributed by atoms with E-state index in [1.807, 2.05) is 11.7 Å². The van der Waals surface area contributed by atoms with Gasteiger partial charge in [-0.15, -0.1) is 0 Å². The minimum absolute atomic E-state index is 0.137. The largest absolute Gasteiger partial charge is 0.392 e. The van der Waals surface area contributed by atoms with Gasteiger partial charge in [-0.1, -0.05) is 0 Å². The first-order chi connectivity index (χ1) is 7.08. The van der Waals surface area contributed by atoms with Crippen molar-refractivity contribution in [3.63, 3.8) is 0 Å². The maximum absolute atomic E-state index is 9.46. The number of rotatable bonds is 2. The summed E-state index contributed by atoms with van der Waals surface area (Å²) >= 11 is 0. The van der Waals surface area contributed by atoms with Crippen molar-refractivity contribution < 1.29 is 5.11 Å². The lowest BCUT2D eigenvalue weighted by atomic mass is 10.2. The molecule has 1 atom stereocenters. The van der Waals surface area contributed by atoms with Gasteiger partial charge in [0.25, 0.3) is 0 Å². The van der Waals surface area contributed by atoms with Crippen molar-refractivity contribution in [2.75, 3.05) is 13.1 Å². The van der Waals surface area contributed by atoms with Crippen LogP contribution in [0.2, 0.25) is 0 Å². The van der Waals surface area contributed by atoms with Crippen LogP contribution in [0.5, 0.6) is 0 Å². The highest BCUT2D eigenvalue weighted by atomic mass is 16.3. The Labute approximate surface area is 90.5 Å². The molecule has 84 valence electrons. The summed E-state index contributed by atoms with van der Waals surface area (Å²) in [5.41, 5.74) is 3.65. The number of aliphatic hydroxyl groups excluding tert-OH is 1. The van der Waals surface area contributed by atoms with E-state index in [0.29, 0.717) is 0 Å². The molecule has 1 aromatic rings. The van der Waals surface area contributed by atoms with E-state index in [9.17, 15) is 5.11 Å². The molecule has 0 amide bonds. The van der Waals surface area contributed by atoms with Crippen molar-refractivity contribution in [3.05, 3.63) is 17.0 Å². The van der Waals surface area contributed by atoms with Crippen molar-refractivity contribution in [1.82, 2.24) is 14.7 Å². The molecular formula is C11H19N3O. The van der Waals surface area contributed by atoms with Crippen molar-refractivity contribution in [2.45, 2.75) is 32.9 Å². The summed E-state index contributed by atoms with van der Waals surface area (Å²) < 4.78 is 1.93. The van der Waals surface area contributed by atoms with E-state index in [1.54, 1.807) is 0 Å². The second-order valence-electron chi connectivity index (χ2n) is 4.45. The average molecular weight is 209 g/mol. The first kappa shape index (κ1) is 10.6. The van der Waals surface area contributed by atoms with Gasteiger partial charge in [-0.05, 0) is 20.3 Å². The normalized spacial score (nSPS) is 22.5. The standard InChI is InChI=1S/C11H19N3O/c1-8-11(9(2)13(3)12-8)7-14-5-4-10(15)6-14/h10,15H,4-7H2,1-3H3/t10-/m1/s1. The molecule has 15 heavy (non-hydrogen) atoms. The molecule has 1 N–H and O–H groups in total. The summed E-state index contributed by atoms with van der Waals surface area (Å²) in [6.07, 6.45) is 0.764. The van der Waals surface area contributed by atoms with Crippen LogP contribution in [0.1, 0.15) is 23.4 Å². The Hall–Kier alpha value is -0.870. The van der Waals surface area contributed by atoms with E-state index < -0.39 is 0 Å². The predicted octanol–water partition coefficient (Wildman–Crippen LogP) is 0.604. The van der Waals surface area contributed by atoms with Gasteiger partial charge < -0.3 is 5.11 Å². The van der Waals surface area contributed by atoms with Gasteiger partial charge in [0.15, 0.2) is 0 Å². The van der Waals surface area contributed by atoms with Crippen molar-refractivity contribution >= 4 is 0 Å². The number of aryl methyl sites for hydroxylation is 2. The third kappa shape index (κ3) is 2.06. The third-order valence-corrected chi connectivity index (χ3v) is 3.29. The van der Waals surface area contributed by atoms with Crippen molar-refractivity contribution in [1.29, 1.82) is 0 Å². The summed E-state index contributed by atoms with van der Waals surface area (Å²) in [4.78, 5) is 2.29. The molecule has 1 aliphatic rings. The molecule has 1 fully saturated rings. The third-order valence-electron chi connectivity index (χ3n) is 3.29. The summed E-state index contributed by atoms with van der Waals surface area (Å²) in [6, 6.07) is 0. The molecule has 0 saturated carbocycles. The SMILES string of the molecule is Cc1nn(C)c(C)c1CN1CC[C@@H](O)C1. The number of aromatic nitrogens is 2. The van der Waals surface area contributed by atoms with Crippen LogP contribution in [-0.2, 0) is 13.6 Å². The highest BCUT2D eigenvalue weighted by Crippen LogP contribution is 2.18. The summed E-state index contributed by atoms with van der Waals surface area (Å²) in [5, 5.41) is 13.9. The molecule has 0 aliphatic carbocycles. The Morgan fingerprint density at radius 1 is 1.47 bits per heavy atom. The molecule has 2 rings (SSSR count). The van der Waals surface area contributed by atoms with Crippen LogP contribution in [0.25, 0.3) is 0 Å². The van der Waals surface area contributed by atoms with Crippen molar-refractivity contribution in [2.24, 2.45) is 7.05 Å². The Bertz CT molecular complexity index is 359. The molecule has 2 heterocycles. The Morgan fingerprint density at radius 3 is 2.67 bits per heavy atom. The fraction of sp³-hybridized carbons (Fsp3) is 0.727. The maximum Gasteiger partial charge on any atom is 0.0679 e. The first-order valence-electron chi connectivity index (χ1n) is 5.47. The number of likely N-dealkylation sites (tertiary alicyclic amines) is 1. The summed E-state index contributed by atoms with van der Waals surface area (Å²) in [6.45, 7) is 6.86. The van der Waals surface area contributed by atoms with E-state index in [4.69, 9.17) is 0 Å². The molecule has 0 unspecified atom stereocenters. The van der Waals surface area contributed by atoms with Crippen LogP contribution in [0.4, 0.5) is 0 Å². The number of aliphatic hydroxyl groups is 1. The molecular weight excluding hydrogens is 190 g/mol. The smallest absolute Gasteiger partial charge is 0.0679 e. The molecule has 0 spiro atoms. The first-order valence-corrected chi connectivity index (χ1v) is 5.47. The highest BCUT2D eigenvalue weighted by molar-refractivity contribution is 5.24. The lowest BCUT2D eigenvalue weighted by Gasteiger charge is -2.14. The molecule has 0 bridgehead atoms. The van der Waals surface area contributed by atoms with Crippen LogP contribution < -0.4 is 0 Å². The topological polar surface area (TPSA) is 41.3 Å². The molecule has 1 saturated heterocycles. The van der Waals surface area contributed by atoms with Gasteiger partial charge in [-0.2, -0.15) is 5.10 Å². The number of hydrogen-bond acceptors (Lipinski definition) is 3. The van der Waals surface area contributed by atoms with Crippen molar-refractivity contribution in [3.8, 4) is 0 Å². The predicted molar refractivity (Wildman–Crippen MR) is 58.6 cm³/mol. The minimum atomic E-state index is -0.137. The molecule has 4 nitrogen and oxygen atoms in total. The van der Waals surface area contributed by atoms with Crippen LogP contribution in [0, 0.1) is 13.8 Å². The molecule has 1 aromatic heterocycles. The average Bonchev–Trinajstić information content (AvgIpc) is 2.67. The fourth-order valence-corrected chi connectivity index (χ4v) is 2.23. The van der Waals surface area contributed by atoms with Gasteiger partial charge in [0.05, 0.1) is 11.8 Å². The van der Waals surface area contributed by atoms with Gasteiger partial charge in [-0.3, -0.25) is 9.58 Å². The lowest BCUT2D eigenvalue weighted by molar-refractivity contribution is 0.174. The highest BCUT2D eigenvalue weighted by Gasteiger charge is 2.22. The van der Waals surface area contributed by atoms with E-state index in [-0.39, 0.29) is 6.10 Å². The Balaban J connectivity index is 2.10. The Morgan fingerprint density at radius 2 is 2.20 bits per heavy atom. The molecule has 1 aliphatic heterocycles. The zero-order valence-electron chi connectivity index (χ0n) is 9.69. The summed E-state index contributed by atoms with van der Waals surface area (Å²) in [5.74, 6) is 0. The van der Waals surface area contributed by atoms with E-state index in [0.717, 1.165) is 31.7 Å². The van der Waals surface area contributed by atoms with Gasteiger partial charge >= 0.3 is 0 Å². The van der Waals surface area contributed by atoms with Crippen LogP contribution >= 0.6 is 0 Å². The zero-order valence-corrected chi connectivity index (χ0v) is 9.69. The van der Waals surface area contributed by atoms with Crippen LogP contribution in [0.3, 0.4) is 0 Å². The maximum atomic E-state index is 9.46. The summed E-state index contributed by atoms with van der Waals surface area (Å²) in [7, 11) is 1.98. The number of hydrogen-bond donors (Lipinski definition) is 1. The number of nitrogens with zero attached hydrogens (tertiary/aromatic N) is 3. The van der Waals surface area contributed by atoms with E-state index >= 15 is 0 Å².